The molecule has 2 aromatic carbocycles. The van der Waals surface area contributed by atoms with E-state index in [1.54, 1.807) is 12.3 Å². The second-order valence-electron chi connectivity index (χ2n) is 9.94. The summed E-state index contributed by atoms with van der Waals surface area (Å²) in [5, 5.41) is 12.8. The molecule has 4 heterocycles. The lowest BCUT2D eigenvalue weighted by Gasteiger charge is -2.31. The topological polar surface area (TPSA) is 109 Å². The van der Waals surface area contributed by atoms with Crippen molar-refractivity contribution < 1.29 is 0 Å². The minimum Gasteiger partial charge on any atom is -0.383 e. The van der Waals surface area contributed by atoms with E-state index in [-0.39, 0.29) is 0 Å². The second-order valence-corrected chi connectivity index (χ2v) is 9.94. The first kappa shape index (κ1) is 24.7. The van der Waals surface area contributed by atoms with Crippen LogP contribution in [0.25, 0.3) is 39.5 Å². The van der Waals surface area contributed by atoms with Gasteiger partial charge in [-0.2, -0.15) is 5.26 Å². The first-order valence-electron chi connectivity index (χ1n) is 13.2. The van der Waals surface area contributed by atoms with Crippen molar-refractivity contribution in [3.63, 3.8) is 0 Å². The summed E-state index contributed by atoms with van der Waals surface area (Å²) in [6.07, 6.45) is 4.03. The molecule has 39 heavy (non-hydrogen) atoms. The molecule has 0 radical (unpaired) electrons. The molecule has 8 nitrogen and oxygen atoms in total. The summed E-state index contributed by atoms with van der Waals surface area (Å²) in [7, 11) is 2.05. The maximum atomic E-state index is 9.37. The van der Waals surface area contributed by atoms with Crippen LogP contribution in [0.5, 0.6) is 0 Å². The highest BCUT2D eigenvalue weighted by Crippen LogP contribution is 2.32. The summed E-state index contributed by atoms with van der Waals surface area (Å²) in [5.74, 6) is 1.10. The average molecular weight is 515 g/mol. The lowest BCUT2D eigenvalue weighted by Crippen LogP contribution is -2.40. The Morgan fingerprint density at radius 3 is 2.56 bits per heavy atom. The number of hydrogen-bond acceptors (Lipinski definition) is 7. The van der Waals surface area contributed by atoms with Gasteiger partial charge in [0.25, 0.3) is 0 Å². The lowest BCUT2D eigenvalue weighted by molar-refractivity contribution is 0.194. The molecule has 0 atom stereocenters. The standard InChI is InChI=1S/C31H30N8/c1-34-24-13-16-38(17-14-24)20-21-7-9-25(10-8-21)39-30(26-6-3-15-35-29(26)33)37-28-12-11-27(36-31(28)39)23-5-2-4-22(18-23)19-32/h2-12,15,18,24,34H,13-14,16-17,20H2,1H3,(H2,33,35). The van der Waals surface area contributed by atoms with Gasteiger partial charge < -0.3 is 11.1 Å². The number of likely N-dealkylation sites (tertiary alicyclic amines) is 1. The number of nitrogen functional groups attached to an aromatic ring is 1. The molecule has 1 aliphatic rings. The maximum absolute atomic E-state index is 9.37. The third-order valence-corrected chi connectivity index (χ3v) is 7.47. The van der Waals surface area contributed by atoms with Gasteiger partial charge in [0.1, 0.15) is 11.3 Å². The monoisotopic (exact) mass is 514 g/mol. The Morgan fingerprint density at radius 2 is 1.82 bits per heavy atom. The van der Waals surface area contributed by atoms with Gasteiger partial charge in [0.15, 0.2) is 11.5 Å². The first-order valence-corrected chi connectivity index (χ1v) is 13.2. The van der Waals surface area contributed by atoms with E-state index in [9.17, 15) is 5.26 Å². The van der Waals surface area contributed by atoms with E-state index in [2.05, 4.69) is 45.5 Å². The van der Waals surface area contributed by atoms with Gasteiger partial charge in [-0.15, -0.1) is 0 Å². The van der Waals surface area contributed by atoms with Gasteiger partial charge >= 0.3 is 0 Å². The molecule has 1 fully saturated rings. The molecule has 0 amide bonds. The fourth-order valence-electron chi connectivity index (χ4n) is 5.29. The van der Waals surface area contributed by atoms with Gasteiger partial charge in [-0.25, -0.2) is 15.0 Å². The molecule has 3 aromatic heterocycles. The number of benzene rings is 2. The zero-order valence-corrected chi connectivity index (χ0v) is 21.9. The minimum absolute atomic E-state index is 0.414. The molecule has 0 aliphatic carbocycles. The lowest BCUT2D eigenvalue weighted by atomic mass is 10.0. The number of fused-ring (bicyclic) bond motifs is 1. The zero-order chi connectivity index (χ0) is 26.8. The maximum Gasteiger partial charge on any atom is 0.165 e. The number of anilines is 1. The van der Waals surface area contributed by atoms with E-state index >= 15 is 0 Å². The largest absolute Gasteiger partial charge is 0.383 e. The molecular weight excluding hydrogens is 484 g/mol. The van der Waals surface area contributed by atoms with Crippen LogP contribution in [0.15, 0.2) is 79.0 Å². The SMILES string of the molecule is CNC1CCN(Cc2ccc(-n3c(-c4cccnc4N)nc4ccc(-c5cccc(C#N)c5)nc43)cc2)CC1. The Labute approximate surface area is 227 Å². The first-order chi connectivity index (χ1) is 19.1. The smallest absolute Gasteiger partial charge is 0.165 e. The van der Waals surface area contributed by atoms with Crippen molar-refractivity contribution in [2.24, 2.45) is 0 Å². The number of nitrogens with two attached hydrogens (primary N) is 1. The van der Waals surface area contributed by atoms with Crippen LogP contribution in [-0.2, 0) is 6.54 Å². The fraction of sp³-hybridized carbons (Fsp3) is 0.226. The predicted octanol–water partition coefficient (Wildman–Crippen LogP) is 4.79. The molecule has 0 saturated carbocycles. The van der Waals surface area contributed by atoms with Crippen molar-refractivity contribution in [1.29, 1.82) is 5.26 Å². The number of nitriles is 1. The Bertz CT molecular complexity index is 1660. The van der Waals surface area contributed by atoms with Crippen LogP contribution in [-0.4, -0.2) is 50.6 Å². The molecular formula is C31H30N8. The number of hydrogen-bond donors (Lipinski definition) is 2. The van der Waals surface area contributed by atoms with Crippen molar-refractivity contribution in [3.8, 4) is 34.4 Å². The highest BCUT2D eigenvalue weighted by atomic mass is 15.1. The molecule has 5 aromatic rings. The quantitative estimate of drug-likeness (QED) is 0.335. The van der Waals surface area contributed by atoms with Crippen molar-refractivity contribution in [2.75, 3.05) is 25.9 Å². The number of aromatic nitrogens is 4. The Kier molecular flexibility index (Phi) is 6.76. The van der Waals surface area contributed by atoms with Gasteiger partial charge in [-0.3, -0.25) is 9.47 Å². The zero-order valence-electron chi connectivity index (χ0n) is 21.9. The van der Waals surface area contributed by atoms with E-state index in [1.807, 2.05) is 54.1 Å². The third-order valence-electron chi connectivity index (χ3n) is 7.47. The predicted molar refractivity (Wildman–Crippen MR) is 154 cm³/mol. The molecule has 8 heteroatoms. The molecule has 6 rings (SSSR count). The molecule has 0 spiro atoms. The van der Waals surface area contributed by atoms with Gasteiger partial charge in [0.2, 0.25) is 0 Å². The molecule has 194 valence electrons. The Morgan fingerprint density at radius 1 is 1.00 bits per heavy atom. The van der Waals surface area contributed by atoms with Crippen LogP contribution in [0.3, 0.4) is 0 Å². The Hall–Kier alpha value is -4.58. The summed E-state index contributed by atoms with van der Waals surface area (Å²) in [4.78, 5) is 16.8. The van der Waals surface area contributed by atoms with Crippen molar-refractivity contribution in [3.05, 3.63) is 90.1 Å². The average Bonchev–Trinajstić information content (AvgIpc) is 3.37. The summed E-state index contributed by atoms with van der Waals surface area (Å²) in [5.41, 5.74) is 13.0. The van der Waals surface area contributed by atoms with E-state index in [0.29, 0.717) is 23.2 Å². The molecule has 0 unspecified atom stereocenters. The molecule has 0 bridgehead atoms. The summed E-state index contributed by atoms with van der Waals surface area (Å²) < 4.78 is 2.04. The third kappa shape index (κ3) is 4.98. The van der Waals surface area contributed by atoms with Crippen molar-refractivity contribution in [2.45, 2.75) is 25.4 Å². The van der Waals surface area contributed by atoms with E-state index in [0.717, 1.165) is 53.3 Å². The van der Waals surface area contributed by atoms with Crippen LogP contribution >= 0.6 is 0 Å². The van der Waals surface area contributed by atoms with Gasteiger partial charge in [-0.1, -0.05) is 24.3 Å². The highest BCUT2D eigenvalue weighted by molar-refractivity contribution is 5.84. The Balaban J connectivity index is 1.41. The van der Waals surface area contributed by atoms with Crippen LogP contribution in [0.4, 0.5) is 5.82 Å². The van der Waals surface area contributed by atoms with Gasteiger partial charge in [0.05, 0.1) is 22.9 Å². The minimum atomic E-state index is 0.414. The molecule has 3 N–H and O–H groups in total. The van der Waals surface area contributed by atoms with Crippen molar-refractivity contribution >= 4 is 17.0 Å². The molecule has 1 saturated heterocycles. The van der Waals surface area contributed by atoms with Crippen LogP contribution in [0.1, 0.15) is 24.0 Å². The fourth-order valence-corrected chi connectivity index (χ4v) is 5.29. The summed E-state index contributed by atoms with van der Waals surface area (Å²) >= 11 is 0. The molecule has 1 aliphatic heterocycles. The van der Waals surface area contributed by atoms with Gasteiger partial charge in [-0.05, 0) is 87.1 Å². The number of piperidine rings is 1. The summed E-state index contributed by atoms with van der Waals surface area (Å²) in [6.45, 7) is 3.13. The second kappa shape index (κ2) is 10.7. The summed E-state index contributed by atoms with van der Waals surface area (Å²) in [6, 6.07) is 26.6. The number of nitrogens with zero attached hydrogens (tertiary/aromatic N) is 6. The normalized spacial score (nSPS) is 14.5. The van der Waals surface area contributed by atoms with Crippen LogP contribution in [0.2, 0.25) is 0 Å². The highest BCUT2D eigenvalue weighted by Gasteiger charge is 2.20. The van der Waals surface area contributed by atoms with Gasteiger partial charge in [0, 0.05) is 30.0 Å². The van der Waals surface area contributed by atoms with E-state index in [1.165, 1.54) is 18.4 Å². The number of rotatable bonds is 6. The van der Waals surface area contributed by atoms with E-state index < -0.39 is 0 Å². The van der Waals surface area contributed by atoms with E-state index in [4.69, 9.17) is 15.7 Å². The van der Waals surface area contributed by atoms with Crippen molar-refractivity contribution in [1.82, 2.24) is 29.7 Å². The van der Waals surface area contributed by atoms with Crippen LogP contribution < -0.4 is 11.1 Å². The number of imidazole rings is 1. The number of pyridine rings is 2. The van der Waals surface area contributed by atoms with Crippen LogP contribution in [0, 0.1) is 11.3 Å². The number of nitrogens with one attached hydrogen (secondary N) is 1.